The number of nitrogens with zero attached hydrogens (tertiary/aromatic N) is 3. The molecule has 0 aliphatic carbocycles. The minimum Gasteiger partial charge on any atom is -0.493 e. The molecule has 0 saturated carbocycles. The van der Waals surface area contributed by atoms with Gasteiger partial charge >= 0.3 is 0 Å². The predicted molar refractivity (Wildman–Crippen MR) is 105 cm³/mol. The van der Waals surface area contributed by atoms with E-state index < -0.39 is 0 Å². The Morgan fingerprint density at radius 2 is 1.69 bits per heavy atom. The number of ether oxygens (including phenoxy) is 2. The summed E-state index contributed by atoms with van der Waals surface area (Å²) in [6, 6.07) is 14.6. The molecule has 0 spiro atoms. The summed E-state index contributed by atoms with van der Waals surface area (Å²) in [6.45, 7) is 7.00. The molecule has 2 aromatic carbocycles. The van der Waals surface area contributed by atoms with Gasteiger partial charge in [0.25, 0.3) is 0 Å². The lowest BCUT2D eigenvalue weighted by Gasteiger charge is -2.33. The maximum absolute atomic E-state index is 5.46. The maximum atomic E-state index is 5.46. The first-order valence-corrected chi connectivity index (χ1v) is 8.97. The monoisotopic (exact) mass is 353 g/mol. The number of methoxy groups -OCH3 is 2. The molecule has 0 atom stereocenters. The first-order valence-electron chi connectivity index (χ1n) is 8.97. The standard InChI is InChI=1S/C21H27N3O2/c1-17-7-9-18(10-8-17)16-23-11-13-24(14-12-23)22-15-19-5-4-6-20(25-2)21(19)26-3/h4-10,15H,11-14,16H2,1-3H3. The van der Waals surface area contributed by atoms with Gasteiger partial charge in [0.05, 0.1) is 20.4 Å². The fraction of sp³-hybridized carbons (Fsp3) is 0.381. The molecule has 5 heteroatoms. The highest BCUT2D eigenvalue weighted by atomic mass is 16.5. The second-order valence-electron chi connectivity index (χ2n) is 6.54. The summed E-state index contributed by atoms with van der Waals surface area (Å²) in [5, 5.41) is 6.75. The van der Waals surface area contributed by atoms with Gasteiger partial charge in [-0.2, -0.15) is 5.10 Å². The Kier molecular flexibility index (Phi) is 6.12. The van der Waals surface area contributed by atoms with Gasteiger partial charge in [0.2, 0.25) is 0 Å². The van der Waals surface area contributed by atoms with Crippen molar-refractivity contribution in [1.82, 2.24) is 9.91 Å². The molecule has 1 heterocycles. The smallest absolute Gasteiger partial charge is 0.169 e. The molecular formula is C21H27N3O2. The van der Waals surface area contributed by atoms with E-state index in [0.29, 0.717) is 0 Å². The Labute approximate surface area is 155 Å². The number of piperazine rings is 1. The van der Waals surface area contributed by atoms with Crippen LogP contribution in [0.5, 0.6) is 11.5 Å². The number of aryl methyl sites for hydroxylation is 1. The quantitative estimate of drug-likeness (QED) is 0.748. The third-order valence-electron chi connectivity index (χ3n) is 4.67. The largest absolute Gasteiger partial charge is 0.493 e. The Hall–Kier alpha value is -2.53. The first kappa shape index (κ1) is 18.3. The molecule has 0 unspecified atom stereocenters. The fourth-order valence-corrected chi connectivity index (χ4v) is 3.12. The maximum Gasteiger partial charge on any atom is 0.169 e. The molecular weight excluding hydrogens is 326 g/mol. The average molecular weight is 353 g/mol. The second-order valence-corrected chi connectivity index (χ2v) is 6.54. The molecule has 0 amide bonds. The van der Waals surface area contributed by atoms with Crippen LogP contribution in [-0.4, -0.2) is 56.5 Å². The molecule has 0 N–H and O–H groups in total. The highest BCUT2D eigenvalue weighted by Crippen LogP contribution is 2.29. The van der Waals surface area contributed by atoms with Crippen LogP contribution in [-0.2, 0) is 6.54 Å². The normalized spacial score (nSPS) is 15.4. The zero-order valence-corrected chi connectivity index (χ0v) is 15.8. The van der Waals surface area contributed by atoms with E-state index in [1.807, 2.05) is 24.4 Å². The number of para-hydroxylation sites is 1. The zero-order valence-electron chi connectivity index (χ0n) is 15.8. The zero-order chi connectivity index (χ0) is 18.4. The van der Waals surface area contributed by atoms with E-state index in [4.69, 9.17) is 9.47 Å². The van der Waals surface area contributed by atoms with E-state index in [1.165, 1.54) is 11.1 Å². The van der Waals surface area contributed by atoms with E-state index in [0.717, 1.165) is 49.8 Å². The van der Waals surface area contributed by atoms with Crippen LogP contribution < -0.4 is 9.47 Å². The molecule has 1 saturated heterocycles. The van der Waals surface area contributed by atoms with E-state index in [2.05, 4.69) is 46.2 Å². The molecule has 1 aliphatic heterocycles. The summed E-state index contributed by atoms with van der Waals surface area (Å²) in [4.78, 5) is 2.48. The average Bonchev–Trinajstić information content (AvgIpc) is 2.68. The van der Waals surface area contributed by atoms with Gasteiger partial charge in [-0.3, -0.25) is 9.91 Å². The molecule has 2 aromatic rings. The predicted octanol–water partition coefficient (Wildman–Crippen LogP) is 3.16. The first-order chi connectivity index (χ1) is 12.7. The highest BCUT2D eigenvalue weighted by molar-refractivity contribution is 5.84. The van der Waals surface area contributed by atoms with Crippen molar-refractivity contribution in [3.05, 3.63) is 59.2 Å². The molecule has 26 heavy (non-hydrogen) atoms. The summed E-state index contributed by atoms with van der Waals surface area (Å²) < 4.78 is 10.8. The lowest BCUT2D eigenvalue weighted by atomic mass is 10.1. The number of hydrogen-bond acceptors (Lipinski definition) is 5. The third-order valence-corrected chi connectivity index (χ3v) is 4.67. The van der Waals surface area contributed by atoms with Gasteiger partial charge in [0.15, 0.2) is 11.5 Å². The van der Waals surface area contributed by atoms with Crippen molar-refractivity contribution in [3.63, 3.8) is 0 Å². The van der Waals surface area contributed by atoms with Gasteiger partial charge in [0, 0.05) is 38.3 Å². The van der Waals surface area contributed by atoms with Crippen LogP contribution in [0, 0.1) is 6.92 Å². The molecule has 3 rings (SSSR count). The summed E-state index contributed by atoms with van der Waals surface area (Å²) >= 11 is 0. The van der Waals surface area contributed by atoms with Crippen LogP contribution >= 0.6 is 0 Å². The van der Waals surface area contributed by atoms with E-state index >= 15 is 0 Å². The Morgan fingerprint density at radius 3 is 2.35 bits per heavy atom. The van der Waals surface area contributed by atoms with E-state index in [9.17, 15) is 0 Å². The lowest BCUT2D eigenvalue weighted by Crippen LogP contribution is -2.43. The minimum absolute atomic E-state index is 0.719. The SMILES string of the molecule is COc1cccc(C=NN2CCN(Cc3ccc(C)cc3)CC2)c1OC. The van der Waals surface area contributed by atoms with Gasteiger partial charge in [-0.1, -0.05) is 35.9 Å². The second kappa shape index (κ2) is 8.72. The lowest BCUT2D eigenvalue weighted by molar-refractivity contribution is 0.131. The highest BCUT2D eigenvalue weighted by Gasteiger charge is 2.16. The van der Waals surface area contributed by atoms with Crippen molar-refractivity contribution >= 4 is 6.21 Å². The number of hydrogen-bond donors (Lipinski definition) is 0. The van der Waals surface area contributed by atoms with Gasteiger partial charge in [-0.05, 0) is 24.6 Å². The van der Waals surface area contributed by atoms with Gasteiger partial charge in [-0.15, -0.1) is 0 Å². The molecule has 0 radical (unpaired) electrons. The van der Waals surface area contributed by atoms with Crippen molar-refractivity contribution in [1.29, 1.82) is 0 Å². The summed E-state index contributed by atoms with van der Waals surface area (Å²) in [6.07, 6.45) is 1.86. The summed E-state index contributed by atoms with van der Waals surface area (Å²) in [7, 11) is 3.30. The van der Waals surface area contributed by atoms with Gasteiger partial charge < -0.3 is 9.47 Å². The summed E-state index contributed by atoms with van der Waals surface area (Å²) in [5.74, 6) is 1.44. The van der Waals surface area contributed by atoms with Crippen LogP contribution in [0.2, 0.25) is 0 Å². The summed E-state index contributed by atoms with van der Waals surface area (Å²) in [5.41, 5.74) is 3.60. The molecule has 0 aromatic heterocycles. The molecule has 1 aliphatic rings. The van der Waals surface area contributed by atoms with Crippen molar-refractivity contribution in [2.75, 3.05) is 40.4 Å². The number of benzene rings is 2. The molecule has 0 bridgehead atoms. The van der Waals surface area contributed by atoms with E-state index in [-0.39, 0.29) is 0 Å². The topological polar surface area (TPSA) is 37.3 Å². The van der Waals surface area contributed by atoms with Gasteiger partial charge in [0.1, 0.15) is 0 Å². The Balaban J connectivity index is 1.55. The van der Waals surface area contributed by atoms with Crippen LogP contribution in [0.1, 0.15) is 16.7 Å². The van der Waals surface area contributed by atoms with Crippen molar-refractivity contribution in [2.24, 2.45) is 5.10 Å². The van der Waals surface area contributed by atoms with Gasteiger partial charge in [-0.25, -0.2) is 0 Å². The Morgan fingerprint density at radius 1 is 0.962 bits per heavy atom. The van der Waals surface area contributed by atoms with Crippen molar-refractivity contribution in [2.45, 2.75) is 13.5 Å². The number of rotatable bonds is 6. The third kappa shape index (κ3) is 4.55. The van der Waals surface area contributed by atoms with Crippen LogP contribution in [0.15, 0.2) is 47.6 Å². The molecule has 138 valence electrons. The van der Waals surface area contributed by atoms with Crippen LogP contribution in [0.4, 0.5) is 0 Å². The molecule has 1 fully saturated rings. The molecule has 5 nitrogen and oxygen atoms in total. The fourth-order valence-electron chi connectivity index (χ4n) is 3.12. The van der Waals surface area contributed by atoms with E-state index in [1.54, 1.807) is 14.2 Å². The van der Waals surface area contributed by atoms with Crippen LogP contribution in [0.25, 0.3) is 0 Å². The Bertz CT molecular complexity index is 735. The number of hydrazone groups is 1. The van der Waals surface area contributed by atoms with Crippen molar-refractivity contribution < 1.29 is 9.47 Å². The minimum atomic E-state index is 0.719. The van der Waals surface area contributed by atoms with Crippen LogP contribution in [0.3, 0.4) is 0 Å². The van der Waals surface area contributed by atoms with Crippen molar-refractivity contribution in [3.8, 4) is 11.5 Å².